The van der Waals surface area contributed by atoms with Crippen LogP contribution in [0.2, 0.25) is 0 Å². The SMILES string of the molecule is CC[C@@H](Nc1c(Nc2cccc(C(=O)N3CC(=O)N4CCCC4C3)c2OC)c(=O)c1=O)c1ccccc1. The zero-order valence-electron chi connectivity index (χ0n) is 21.0. The van der Waals surface area contributed by atoms with E-state index >= 15 is 0 Å². The van der Waals surface area contributed by atoms with Crippen LogP contribution in [0.3, 0.4) is 0 Å². The number of carbonyl (C=O) groups is 2. The summed E-state index contributed by atoms with van der Waals surface area (Å²) in [5.74, 6) is -0.0968. The maximum Gasteiger partial charge on any atom is 0.258 e. The van der Waals surface area contributed by atoms with E-state index in [2.05, 4.69) is 10.6 Å². The number of carbonyl (C=O) groups excluding carboxylic acids is 2. The normalized spacial score (nSPS) is 18.0. The van der Waals surface area contributed by atoms with E-state index in [1.165, 1.54) is 7.11 Å². The summed E-state index contributed by atoms with van der Waals surface area (Å²) in [4.78, 5) is 54.4. The second kappa shape index (κ2) is 10.1. The Labute approximate surface area is 214 Å². The molecule has 0 radical (unpaired) electrons. The van der Waals surface area contributed by atoms with E-state index in [0.717, 1.165) is 24.9 Å². The highest BCUT2D eigenvalue weighted by atomic mass is 16.5. The Morgan fingerprint density at radius 3 is 2.54 bits per heavy atom. The first-order chi connectivity index (χ1) is 17.9. The number of ether oxygens (including phenoxy) is 1. The van der Waals surface area contributed by atoms with Crippen molar-refractivity contribution in [3.63, 3.8) is 0 Å². The van der Waals surface area contributed by atoms with Crippen LogP contribution in [0.25, 0.3) is 0 Å². The number of rotatable bonds is 8. The molecule has 192 valence electrons. The van der Waals surface area contributed by atoms with Crippen LogP contribution in [-0.4, -0.2) is 54.4 Å². The van der Waals surface area contributed by atoms with Gasteiger partial charge in [-0.15, -0.1) is 0 Å². The number of piperazine rings is 1. The Hall–Kier alpha value is -4.14. The highest BCUT2D eigenvalue weighted by Crippen LogP contribution is 2.35. The topological polar surface area (TPSA) is 108 Å². The van der Waals surface area contributed by atoms with Crippen molar-refractivity contribution in [2.45, 2.75) is 38.3 Å². The molecule has 0 bridgehead atoms. The lowest BCUT2D eigenvalue weighted by Gasteiger charge is -2.37. The fourth-order valence-electron chi connectivity index (χ4n) is 5.34. The van der Waals surface area contributed by atoms with Crippen LogP contribution in [0.5, 0.6) is 5.75 Å². The molecule has 37 heavy (non-hydrogen) atoms. The van der Waals surface area contributed by atoms with Gasteiger partial charge in [0.25, 0.3) is 16.8 Å². The second-order valence-electron chi connectivity index (χ2n) is 9.50. The number of hydrogen-bond acceptors (Lipinski definition) is 7. The summed E-state index contributed by atoms with van der Waals surface area (Å²) < 4.78 is 5.60. The first-order valence-corrected chi connectivity index (χ1v) is 12.6. The molecule has 0 spiro atoms. The van der Waals surface area contributed by atoms with E-state index in [0.29, 0.717) is 18.7 Å². The highest BCUT2D eigenvalue weighted by Gasteiger charge is 2.38. The summed E-state index contributed by atoms with van der Waals surface area (Å²) in [6, 6.07) is 14.6. The van der Waals surface area contributed by atoms with E-state index in [9.17, 15) is 19.2 Å². The monoisotopic (exact) mass is 502 g/mol. The van der Waals surface area contributed by atoms with Crippen molar-refractivity contribution in [3.05, 3.63) is 80.1 Å². The van der Waals surface area contributed by atoms with E-state index in [1.807, 2.05) is 42.2 Å². The molecule has 2 amide bonds. The maximum atomic E-state index is 13.5. The first-order valence-electron chi connectivity index (χ1n) is 12.6. The minimum Gasteiger partial charge on any atom is -0.494 e. The van der Waals surface area contributed by atoms with E-state index in [-0.39, 0.29) is 53.1 Å². The van der Waals surface area contributed by atoms with Crippen molar-refractivity contribution in [1.29, 1.82) is 0 Å². The Balaban J connectivity index is 1.40. The third kappa shape index (κ3) is 4.45. The number of nitrogens with zero attached hydrogens (tertiary/aromatic N) is 2. The molecule has 3 aromatic rings. The molecular weight excluding hydrogens is 472 g/mol. The molecule has 2 N–H and O–H groups in total. The average molecular weight is 503 g/mol. The third-order valence-corrected chi connectivity index (χ3v) is 7.29. The summed E-state index contributed by atoms with van der Waals surface area (Å²) in [7, 11) is 1.45. The summed E-state index contributed by atoms with van der Waals surface area (Å²) >= 11 is 0. The van der Waals surface area contributed by atoms with Gasteiger partial charge in [-0.05, 0) is 37.0 Å². The molecule has 2 aliphatic rings. The van der Waals surface area contributed by atoms with Gasteiger partial charge < -0.3 is 25.2 Å². The molecule has 5 rings (SSSR count). The van der Waals surface area contributed by atoms with Crippen LogP contribution >= 0.6 is 0 Å². The minimum atomic E-state index is -0.632. The van der Waals surface area contributed by atoms with Gasteiger partial charge in [0.1, 0.15) is 17.9 Å². The van der Waals surface area contributed by atoms with Gasteiger partial charge >= 0.3 is 0 Å². The fraction of sp³-hybridized carbons (Fsp3) is 0.357. The molecule has 2 saturated heterocycles. The third-order valence-electron chi connectivity index (χ3n) is 7.29. The first kappa shape index (κ1) is 24.5. The van der Waals surface area contributed by atoms with Crippen LogP contribution in [0.1, 0.15) is 48.1 Å². The predicted octanol–water partition coefficient (Wildman–Crippen LogP) is 3.04. The maximum absolute atomic E-state index is 13.5. The van der Waals surface area contributed by atoms with Crippen LogP contribution in [0.4, 0.5) is 17.1 Å². The van der Waals surface area contributed by atoms with Crippen LogP contribution in [0.15, 0.2) is 58.1 Å². The lowest BCUT2D eigenvalue weighted by atomic mass is 10.0. The number of anilines is 3. The minimum absolute atomic E-state index is 0.0280. The van der Waals surface area contributed by atoms with Gasteiger partial charge in [-0.3, -0.25) is 19.2 Å². The zero-order valence-corrected chi connectivity index (χ0v) is 21.0. The lowest BCUT2D eigenvalue weighted by molar-refractivity contribution is -0.136. The average Bonchev–Trinajstić information content (AvgIpc) is 3.42. The van der Waals surface area contributed by atoms with E-state index < -0.39 is 10.9 Å². The molecule has 2 heterocycles. The smallest absolute Gasteiger partial charge is 0.258 e. The number of fused-ring (bicyclic) bond motifs is 1. The molecule has 2 atom stereocenters. The van der Waals surface area contributed by atoms with Gasteiger partial charge in [-0.25, -0.2) is 0 Å². The van der Waals surface area contributed by atoms with Crippen LogP contribution in [0, 0.1) is 0 Å². The van der Waals surface area contributed by atoms with Gasteiger partial charge in [-0.1, -0.05) is 43.3 Å². The Bertz CT molecular complexity index is 1400. The number of benzene rings is 2. The molecule has 0 aromatic heterocycles. The van der Waals surface area contributed by atoms with Crippen molar-refractivity contribution in [2.24, 2.45) is 0 Å². The van der Waals surface area contributed by atoms with Crippen molar-refractivity contribution < 1.29 is 14.3 Å². The van der Waals surface area contributed by atoms with Crippen molar-refractivity contribution in [3.8, 4) is 5.75 Å². The molecule has 0 saturated carbocycles. The number of nitrogens with one attached hydrogen (secondary N) is 2. The molecule has 9 heteroatoms. The van der Waals surface area contributed by atoms with Crippen molar-refractivity contribution >= 4 is 28.9 Å². The van der Waals surface area contributed by atoms with E-state index in [1.54, 1.807) is 23.1 Å². The number of amides is 2. The summed E-state index contributed by atoms with van der Waals surface area (Å²) in [6.45, 7) is 3.25. The molecule has 3 aromatic carbocycles. The highest BCUT2D eigenvalue weighted by molar-refractivity contribution is 6.01. The summed E-state index contributed by atoms with van der Waals surface area (Å²) in [5, 5.41) is 6.24. The van der Waals surface area contributed by atoms with Gasteiger partial charge in [0, 0.05) is 19.1 Å². The standard InChI is InChI=1S/C28H30N4O5/c1-3-20(17-9-5-4-6-10-17)29-23-24(26(35)25(23)34)30-21-13-7-12-19(27(21)37-2)28(36)31-15-18-11-8-14-32(18)22(33)16-31/h4-7,9-10,12-13,18,20,29-30H,3,8,11,14-16H2,1-2H3/t18?,20-/m1/s1. The zero-order chi connectivity index (χ0) is 26.1. The molecule has 2 aliphatic heterocycles. The largest absolute Gasteiger partial charge is 0.494 e. The Morgan fingerprint density at radius 2 is 1.81 bits per heavy atom. The lowest BCUT2D eigenvalue weighted by Crippen LogP contribution is -2.55. The van der Waals surface area contributed by atoms with Crippen LogP contribution in [-0.2, 0) is 4.79 Å². The molecular formula is C28H30N4O5. The van der Waals surface area contributed by atoms with E-state index in [4.69, 9.17) is 4.74 Å². The number of hydrogen-bond donors (Lipinski definition) is 2. The Morgan fingerprint density at radius 1 is 1.05 bits per heavy atom. The number of methoxy groups -OCH3 is 1. The quantitative estimate of drug-likeness (QED) is 0.456. The molecule has 0 aliphatic carbocycles. The van der Waals surface area contributed by atoms with Gasteiger partial charge in [0.15, 0.2) is 5.75 Å². The predicted molar refractivity (Wildman–Crippen MR) is 141 cm³/mol. The van der Waals surface area contributed by atoms with Gasteiger partial charge in [-0.2, -0.15) is 0 Å². The van der Waals surface area contributed by atoms with Crippen LogP contribution < -0.4 is 26.2 Å². The van der Waals surface area contributed by atoms with Gasteiger partial charge in [0.05, 0.1) is 24.4 Å². The van der Waals surface area contributed by atoms with Crippen molar-refractivity contribution in [1.82, 2.24) is 9.80 Å². The fourth-order valence-corrected chi connectivity index (χ4v) is 5.34. The van der Waals surface area contributed by atoms with Crippen molar-refractivity contribution in [2.75, 3.05) is 37.4 Å². The molecule has 1 unspecified atom stereocenters. The summed E-state index contributed by atoms with van der Waals surface area (Å²) in [6.07, 6.45) is 2.54. The summed E-state index contributed by atoms with van der Waals surface area (Å²) in [5.41, 5.74) is 0.812. The second-order valence-corrected chi connectivity index (χ2v) is 9.50. The number of para-hydroxylation sites is 1. The molecule has 9 nitrogen and oxygen atoms in total. The molecule has 2 fully saturated rings. The Kier molecular flexibility index (Phi) is 6.69. The van der Waals surface area contributed by atoms with Gasteiger partial charge in [0.2, 0.25) is 5.91 Å².